The number of aliphatic carboxylic acids is 1. The lowest BCUT2D eigenvalue weighted by Gasteiger charge is -2.36. The molecule has 21 heavy (non-hydrogen) atoms. The molecule has 0 unspecified atom stereocenters. The number of amides is 2. The molecule has 116 valence electrons. The number of nitrogens with one attached hydrogen (secondary N) is 2. The highest BCUT2D eigenvalue weighted by atomic mass is 79.9. The zero-order chi connectivity index (χ0) is 15.3. The van der Waals surface area contributed by atoms with E-state index in [1.54, 1.807) is 11.3 Å². The predicted molar refractivity (Wildman–Crippen MR) is 85.5 cm³/mol. The topological polar surface area (TPSA) is 78.4 Å². The maximum Gasteiger partial charge on any atom is 0.315 e. The number of thiophene rings is 1. The van der Waals surface area contributed by atoms with Crippen LogP contribution >= 0.6 is 27.3 Å². The second-order valence-corrected chi connectivity index (χ2v) is 7.27. The van der Waals surface area contributed by atoms with Crippen molar-refractivity contribution in [1.82, 2.24) is 10.6 Å². The van der Waals surface area contributed by atoms with Crippen LogP contribution < -0.4 is 10.6 Å². The SMILES string of the molecule is O=C(O)CC1(NC(=O)NCc2sccc2Br)CCCCC1. The van der Waals surface area contributed by atoms with Crippen LogP contribution in [-0.4, -0.2) is 22.6 Å². The average molecular weight is 375 g/mol. The molecule has 0 spiro atoms. The van der Waals surface area contributed by atoms with Crippen molar-refractivity contribution in [3.8, 4) is 0 Å². The Kier molecular flexibility index (Phi) is 5.64. The molecule has 1 aliphatic rings. The van der Waals surface area contributed by atoms with Crippen LogP contribution in [-0.2, 0) is 11.3 Å². The van der Waals surface area contributed by atoms with Crippen molar-refractivity contribution in [3.05, 3.63) is 20.8 Å². The zero-order valence-electron chi connectivity index (χ0n) is 11.7. The zero-order valence-corrected chi connectivity index (χ0v) is 14.1. The summed E-state index contributed by atoms with van der Waals surface area (Å²) >= 11 is 4.98. The monoisotopic (exact) mass is 374 g/mol. The summed E-state index contributed by atoms with van der Waals surface area (Å²) in [6.07, 6.45) is 4.48. The van der Waals surface area contributed by atoms with E-state index >= 15 is 0 Å². The van der Waals surface area contributed by atoms with Crippen molar-refractivity contribution < 1.29 is 14.7 Å². The van der Waals surface area contributed by atoms with Crippen molar-refractivity contribution in [1.29, 1.82) is 0 Å². The van der Waals surface area contributed by atoms with Gasteiger partial charge in [0.05, 0.1) is 18.5 Å². The molecule has 0 bridgehead atoms. The molecule has 5 nitrogen and oxygen atoms in total. The first-order valence-electron chi connectivity index (χ1n) is 7.00. The summed E-state index contributed by atoms with van der Waals surface area (Å²) in [6, 6.07) is 1.64. The molecule has 1 aromatic rings. The summed E-state index contributed by atoms with van der Waals surface area (Å²) in [5, 5.41) is 16.7. The third kappa shape index (κ3) is 4.71. The van der Waals surface area contributed by atoms with Crippen molar-refractivity contribution in [2.24, 2.45) is 0 Å². The largest absolute Gasteiger partial charge is 0.481 e. The van der Waals surface area contributed by atoms with Crippen LogP contribution in [0.4, 0.5) is 4.79 Å². The molecule has 3 N–H and O–H groups in total. The smallest absolute Gasteiger partial charge is 0.315 e. The van der Waals surface area contributed by atoms with Gasteiger partial charge in [0.2, 0.25) is 0 Å². The lowest BCUT2D eigenvalue weighted by molar-refractivity contribution is -0.139. The average Bonchev–Trinajstić information content (AvgIpc) is 2.82. The Morgan fingerprint density at radius 3 is 2.62 bits per heavy atom. The van der Waals surface area contributed by atoms with Gasteiger partial charge in [-0.2, -0.15) is 0 Å². The Balaban J connectivity index is 1.91. The third-order valence-electron chi connectivity index (χ3n) is 3.78. The van der Waals surface area contributed by atoms with E-state index in [0.29, 0.717) is 6.54 Å². The third-order valence-corrected chi connectivity index (χ3v) is 5.71. The van der Waals surface area contributed by atoms with E-state index in [0.717, 1.165) is 41.5 Å². The number of carbonyl (C=O) groups is 2. The normalized spacial score (nSPS) is 17.2. The van der Waals surface area contributed by atoms with Crippen molar-refractivity contribution >= 4 is 39.3 Å². The van der Waals surface area contributed by atoms with Gasteiger partial charge in [0.1, 0.15) is 0 Å². The second-order valence-electron chi connectivity index (χ2n) is 5.41. The van der Waals surface area contributed by atoms with Gasteiger partial charge in [0.25, 0.3) is 0 Å². The van der Waals surface area contributed by atoms with Crippen molar-refractivity contribution in [2.45, 2.75) is 50.6 Å². The van der Waals surface area contributed by atoms with E-state index in [1.807, 2.05) is 11.4 Å². The minimum Gasteiger partial charge on any atom is -0.481 e. The highest BCUT2D eigenvalue weighted by Gasteiger charge is 2.35. The number of hydrogen-bond donors (Lipinski definition) is 3. The van der Waals surface area contributed by atoms with Gasteiger partial charge in [-0.15, -0.1) is 11.3 Å². The lowest BCUT2D eigenvalue weighted by atomic mass is 9.79. The second kappa shape index (κ2) is 7.26. The molecule has 1 fully saturated rings. The molecular weight excluding hydrogens is 356 g/mol. The summed E-state index contributed by atoms with van der Waals surface area (Å²) in [5.41, 5.74) is -0.596. The lowest BCUT2D eigenvalue weighted by Crippen LogP contribution is -2.54. The molecule has 2 amide bonds. The Morgan fingerprint density at radius 2 is 2.05 bits per heavy atom. The first-order chi connectivity index (χ1) is 10.0. The molecule has 0 radical (unpaired) electrons. The van der Waals surface area contributed by atoms with Gasteiger partial charge in [-0.3, -0.25) is 4.79 Å². The molecule has 1 saturated carbocycles. The fourth-order valence-corrected chi connectivity index (χ4v) is 4.19. The predicted octanol–water partition coefficient (Wildman–Crippen LogP) is 3.49. The molecule has 0 aromatic carbocycles. The molecule has 1 aliphatic carbocycles. The van der Waals surface area contributed by atoms with Crippen LogP contribution in [0.5, 0.6) is 0 Å². The van der Waals surface area contributed by atoms with Gasteiger partial charge in [0.15, 0.2) is 0 Å². The van der Waals surface area contributed by atoms with E-state index in [4.69, 9.17) is 5.11 Å². The van der Waals surface area contributed by atoms with E-state index in [1.165, 1.54) is 0 Å². The van der Waals surface area contributed by atoms with Crippen LogP contribution in [0, 0.1) is 0 Å². The van der Waals surface area contributed by atoms with Crippen molar-refractivity contribution in [2.75, 3.05) is 0 Å². The summed E-state index contributed by atoms with van der Waals surface area (Å²) in [7, 11) is 0. The number of halogens is 1. The van der Waals surface area contributed by atoms with Crippen LogP contribution in [0.3, 0.4) is 0 Å². The van der Waals surface area contributed by atoms with Crippen LogP contribution in [0.15, 0.2) is 15.9 Å². The van der Waals surface area contributed by atoms with Gasteiger partial charge in [0, 0.05) is 9.35 Å². The van der Waals surface area contributed by atoms with Gasteiger partial charge in [-0.05, 0) is 40.2 Å². The Morgan fingerprint density at radius 1 is 1.33 bits per heavy atom. The molecule has 0 aliphatic heterocycles. The fraction of sp³-hybridized carbons (Fsp3) is 0.571. The quantitative estimate of drug-likeness (QED) is 0.737. The van der Waals surface area contributed by atoms with Gasteiger partial charge in [-0.1, -0.05) is 19.3 Å². The summed E-state index contributed by atoms with van der Waals surface area (Å²) in [6.45, 7) is 0.438. The van der Waals surface area contributed by atoms with Crippen LogP contribution in [0.2, 0.25) is 0 Å². The summed E-state index contributed by atoms with van der Waals surface area (Å²) in [4.78, 5) is 24.2. The Labute approximate surface area is 136 Å². The standard InChI is InChI=1S/C14H19BrN2O3S/c15-10-4-7-21-11(10)9-16-13(20)17-14(8-12(18)19)5-2-1-3-6-14/h4,7H,1-3,5-6,8-9H2,(H,18,19)(H2,16,17,20). The first kappa shape index (κ1) is 16.3. The van der Waals surface area contributed by atoms with Gasteiger partial charge < -0.3 is 15.7 Å². The summed E-state index contributed by atoms with van der Waals surface area (Å²) < 4.78 is 0.978. The molecule has 1 heterocycles. The minimum absolute atomic E-state index is 0.0108. The highest BCUT2D eigenvalue weighted by molar-refractivity contribution is 9.10. The van der Waals surface area contributed by atoms with E-state index < -0.39 is 11.5 Å². The Bertz CT molecular complexity index is 512. The number of carboxylic acids is 1. The first-order valence-corrected chi connectivity index (χ1v) is 8.68. The Hall–Kier alpha value is -1.08. The molecule has 0 saturated heterocycles. The van der Waals surface area contributed by atoms with Gasteiger partial charge >= 0.3 is 12.0 Å². The van der Waals surface area contributed by atoms with Crippen LogP contribution in [0.25, 0.3) is 0 Å². The maximum absolute atomic E-state index is 12.1. The molecule has 2 rings (SSSR count). The number of carboxylic acid groups (broad SMARTS) is 1. The van der Waals surface area contributed by atoms with Gasteiger partial charge in [-0.25, -0.2) is 4.79 Å². The molecule has 7 heteroatoms. The van der Waals surface area contributed by atoms with E-state index in [9.17, 15) is 9.59 Å². The minimum atomic E-state index is -0.863. The molecule has 0 atom stereocenters. The fourth-order valence-electron chi connectivity index (χ4n) is 2.76. The molecular formula is C14H19BrN2O3S. The van der Waals surface area contributed by atoms with Crippen molar-refractivity contribution in [3.63, 3.8) is 0 Å². The summed E-state index contributed by atoms with van der Waals surface area (Å²) in [5.74, 6) is -0.863. The number of urea groups is 1. The number of carbonyl (C=O) groups excluding carboxylic acids is 1. The van der Waals surface area contributed by atoms with Crippen LogP contribution in [0.1, 0.15) is 43.4 Å². The maximum atomic E-state index is 12.1. The van der Waals surface area contributed by atoms with E-state index in [2.05, 4.69) is 26.6 Å². The highest BCUT2D eigenvalue weighted by Crippen LogP contribution is 2.31. The number of hydrogen-bond acceptors (Lipinski definition) is 3. The molecule has 1 aromatic heterocycles. The van der Waals surface area contributed by atoms with E-state index in [-0.39, 0.29) is 12.5 Å². The number of rotatable bonds is 5.